The SMILES string of the molecule is Cc1cc(-c2cc(C)c(-c3ccccc3)cc2C)[n+](C)cc1C.Cc1ccc(-c2cc(C)c(-c3ccccc3)cc2C)[n+](C)c1.[2H]C([2H])([2H])c1c[n+](C)c(-c2ccc(-c3ccccc3)cc2C)cc1C.[2H]C([2H])([2H])c1ccc(-c2ccc(-c3ccccc3)cc2C)[n+](C)c1. The highest BCUT2D eigenvalue weighted by Crippen LogP contribution is 2.34. The van der Waals surface area contributed by atoms with Crippen molar-refractivity contribution in [1.82, 2.24) is 0 Å². The third-order valence-corrected chi connectivity index (χ3v) is 16.7. The summed E-state index contributed by atoms with van der Waals surface area (Å²) in [5.74, 6) is 0. The molecule has 12 rings (SSSR count). The van der Waals surface area contributed by atoms with Gasteiger partial charge in [-0.15, -0.1) is 0 Å². The van der Waals surface area contributed by atoms with Gasteiger partial charge in [-0.2, -0.15) is 0 Å². The molecule has 0 saturated heterocycles. The summed E-state index contributed by atoms with van der Waals surface area (Å²) >= 11 is 0. The Bertz CT molecular complexity index is 4650. The number of rotatable bonds is 8. The van der Waals surface area contributed by atoms with Crippen molar-refractivity contribution in [1.29, 1.82) is 0 Å². The Morgan fingerprint density at radius 1 is 0.216 bits per heavy atom. The fraction of sp³-hybridized carbons (Fsp3) is 0.190. The van der Waals surface area contributed by atoms with E-state index in [9.17, 15) is 0 Å². The predicted octanol–water partition coefficient (Wildman–Crippen LogP) is 19.1. The van der Waals surface area contributed by atoms with Gasteiger partial charge in [0.1, 0.15) is 28.2 Å². The molecule has 4 aromatic heterocycles. The molecule has 4 nitrogen and oxygen atoms in total. The Hall–Kier alpha value is -9.64. The van der Waals surface area contributed by atoms with E-state index in [1.54, 1.807) is 18.5 Å². The highest BCUT2D eigenvalue weighted by atomic mass is 14.9. The molecule has 12 aromatic rings. The maximum atomic E-state index is 7.67. The maximum absolute atomic E-state index is 7.67. The molecule has 0 aliphatic carbocycles. The molecule has 0 spiro atoms. The van der Waals surface area contributed by atoms with E-state index < -0.39 is 13.7 Å². The van der Waals surface area contributed by atoms with E-state index in [1.807, 2.05) is 78.7 Å². The van der Waals surface area contributed by atoms with E-state index in [-0.39, 0.29) is 0 Å². The lowest BCUT2D eigenvalue weighted by atomic mass is 9.93. The summed E-state index contributed by atoms with van der Waals surface area (Å²) in [7, 11) is 8.02. The smallest absolute Gasteiger partial charge is 0.201 e. The van der Waals surface area contributed by atoms with Crippen molar-refractivity contribution in [3.63, 3.8) is 0 Å². The molecule has 0 radical (unpaired) electrons. The highest BCUT2D eigenvalue weighted by Gasteiger charge is 2.20. The van der Waals surface area contributed by atoms with Gasteiger partial charge < -0.3 is 0 Å². The Balaban J connectivity index is 0.000000148. The van der Waals surface area contributed by atoms with Gasteiger partial charge in [0.05, 0.1) is 0 Å². The molecule has 0 amide bonds. The lowest BCUT2D eigenvalue weighted by Crippen LogP contribution is -2.31. The largest absolute Gasteiger partial charge is 0.212 e. The van der Waals surface area contributed by atoms with Gasteiger partial charge in [0.2, 0.25) is 22.8 Å². The quantitative estimate of drug-likeness (QED) is 0.135. The Morgan fingerprint density at radius 2 is 0.545 bits per heavy atom. The van der Waals surface area contributed by atoms with Crippen molar-refractivity contribution in [3.05, 3.63) is 310 Å². The zero-order chi connectivity index (χ0) is 67.8. The van der Waals surface area contributed by atoms with E-state index in [0.717, 1.165) is 39.2 Å². The molecular weight excluding hydrogens is 1060 g/mol. The Kier molecular flexibility index (Phi) is 17.6. The van der Waals surface area contributed by atoms with Crippen LogP contribution in [-0.4, -0.2) is 0 Å². The summed E-state index contributed by atoms with van der Waals surface area (Å²) in [6, 6.07) is 76.0. The zero-order valence-corrected chi connectivity index (χ0v) is 53.9. The first-order valence-electron chi connectivity index (χ1n) is 33.3. The van der Waals surface area contributed by atoms with Crippen LogP contribution in [0.2, 0.25) is 0 Å². The van der Waals surface area contributed by atoms with Gasteiger partial charge in [-0.25, -0.2) is 18.3 Å². The van der Waals surface area contributed by atoms with Crippen molar-refractivity contribution < 1.29 is 26.5 Å². The summed E-state index contributed by atoms with van der Waals surface area (Å²) < 4.78 is 53.8. The van der Waals surface area contributed by atoms with Gasteiger partial charge in [-0.3, -0.25) is 0 Å². The fourth-order valence-electron chi connectivity index (χ4n) is 11.6. The van der Waals surface area contributed by atoms with Crippen LogP contribution in [0.25, 0.3) is 89.5 Å². The molecule has 0 aliphatic rings. The van der Waals surface area contributed by atoms with Gasteiger partial charge in [-0.05, 0) is 208 Å². The van der Waals surface area contributed by atoms with Crippen LogP contribution in [0.3, 0.4) is 0 Å². The molecule has 0 aliphatic heterocycles. The molecule has 0 N–H and O–H groups in total. The third kappa shape index (κ3) is 14.9. The summed E-state index contributed by atoms with van der Waals surface area (Å²) in [6.45, 7) is 17.1. The minimum atomic E-state index is -2.09. The molecule has 0 unspecified atom stereocenters. The second kappa shape index (κ2) is 28.3. The minimum absolute atomic E-state index is 0.354. The van der Waals surface area contributed by atoms with Gasteiger partial charge in [0.15, 0.2) is 24.8 Å². The van der Waals surface area contributed by atoms with Crippen molar-refractivity contribution in [2.45, 2.75) is 82.9 Å². The van der Waals surface area contributed by atoms with Crippen LogP contribution in [-0.2, 0) is 28.2 Å². The first-order chi connectivity index (χ1) is 44.7. The minimum Gasteiger partial charge on any atom is -0.201 e. The standard InChI is InChI=1S/C22H24N.2C21H22N.C20H20N/c1-15-13-22(23(5)14-18(15)4)21-12-16(2)20(11-17(21)3)19-9-7-6-8-10-19;1-15-13-21(22(4)14-17(15)3)20-11-10-19(12-16(20)2)18-8-6-5-7-9-18;1-15-10-11-21(22(4)14-15)20-13-16(2)19(12-17(20)3)18-8-6-5-7-9-18;1-15-9-12-20(21(3)14-15)19-11-10-18(13-16(19)2)17-7-5-4-6-8-17/h6-14H,1-5H3;2*5-14H,1-4H3;4-14H,1-3H3/q4*+1/i;3D3;;1D3. The van der Waals surface area contributed by atoms with Crippen LogP contribution >= 0.6 is 0 Å². The van der Waals surface area contributed by atoms with Crippen LogP contribution in [0.5, 0.6) is 0 Å². The highest BCUT2D eigenvalue weighted by molar-refractivity contribution is 5.77. The monoisotopic (exact) mass is 1160 g/mol. The summed E-state index contributed by atoms with van der Waals surface area (Å²) in [5.41, 5.74) is 32.4. The normalized spacial score (nSPS) is 12.0. The summed E-state index contributed by atoms with van der Waals surface area (Å²) in [6.07, 6.45) is 7.80. The van der Waals surface area contributed by atoms with Gasteiger partial charge in [0, 0.05) is 77.0 Å². The molecular formula is C84H88N4+4. The van der Waals surface area contributed by atoms with Crippen molar-refractivity contribution in [3.8, 4) is 89.5 Å². The molecule has 4 heterocycles. The molecule has 0 atom stereocenters. The van der Waals surface area contributed by atoms with Crippen LogP contribution < -0.4 is 18.3 Å². The molecule has 0 saturated carbocycles. The molecule has 0 bridgehead atoms. The van der Waals surface area contributed by atoms with Crippen LogP contribution in [0.4, 0.5) is 0 Å². The molecule has 0 fully saturated rings. The first-order valence-corrected chi connectivity index (χ1v) is 30.3. The average Bonchev–Trinajstić information content (AvgIpc) is 0.851. The number of aryl methyl sites for hydroxylation is 16. The number of benzene rings is 8. The number of hydrogen-bond acceptors (Lipinski definition) is 0. The zero-order valence-electron chi connectivity index (χ0n) is 59.9. The van der Waals surface area contributed by atoms with Crippen LogP contribution in [0.15, 0.2) is 243 Å². The second-order valence-corrected chi connectivity index (χ2v) is 23.6. The van der Waals surface area contributed by atoms with Crippen molar-refractivity contribution in [2.75, 3.05) is 0 Å². The topological polar surface area (TPSA) is 15.5 Å². The predicted molar refractivity (Wildman–Crippen MR) is 371 cm³/mol. The number of hydrogen-bond donors (Lipinski definition) is 0. The van der Waals surface area contributed by atoms with Crippen LogP contribution in [0, 0.1) is 82.9 Å². The number of nitrogens with zero attached hydrogens (tertiary/aromatic N) is 4. The maximum Gasteiger partial charge on any atom is 0.212 e. The van der Waals surface area contributed by atoms with E-state index >= 15 is 0 Å². The van der Waals surface area contributed by atoms with E-state index in [1.165, 1.54) is 106 Å². The third-order valence-electron chi connectivity index (χ3n) is 16.7. The molecule has 4 heteroatoms. The van der Waals surface area contributed by atoms with Crippen molar-refractivity contribution in [2.24, 2.45) is 28.2 Å². The second-order valence-electron chi connectivity index (χ2n) is 23.6. The fourth-order valence-corrected chi connectivity index (χ4v) is 11.6. The van der Waals surface area contributed by atoms with E-state index in [0.29, 0.717) is 11.1 Å². The number of aromatic nitrogens is 4. The van der Waals surface area contributed by atoms with Crippen LogP contribution in [0.1, 0.15) is 75.0 Å². The molecule has 88 heavy (non-hydrogen) atoms. The van der Waals surface area contributed by atoms with E-state index in [2.05, 4.69) is 262 Å². The Morgan fingerprint density at radius 3 is 0.977 bits per heavy atom. The molecule has 8 aromatic carbocycles. The Labute approximate surface area is 534 Å². The van der Waals surface area contributed by atoms with E-state index in [4.69, 9.17) is 8.22 Å². The lowest BCUT2D eigenvalue weighted by molar-refractivity contribution is -0.660. The van der Waals surface area contributed by atoms with Gasteiger partial charge in [-0.1, -0.05) is 158 Å². The summed E-state index contributed by atoms with van der Waals surface area (Å²) in [4.78, 5) is 0. The molecule has 440 valence electrons. The number of pyridine rings is 4. The van der Waals surface area contributed by atoms with Gasteiger partial charge in [0.25, 0.3) is 0 Å². The first kappa shape index (κ1) is 55.0. The average molecular weight is 1160 g/mol. The lowest BCUT2D eigenvalue weighted by Gasteiger charge is -2.12. The van der Waals surface area contributed by atoms with Crippen molar-refractivity contribution >= 4 is 0 Å². The van der Waals surface area contributed by atoms with Gasteiger partial charge >= 0.3 is 0 Å². The summed E-state index contributed by atoms with van der Waals surface area (Å²) in [5, 5.41) is 0.